The predicted molar refractivity (Wildman–Crippen MR) is 187 cm³/mol. The van der Waals surface area contributed by atoms with Gasteiger partial charge in [-0.05, 0) is 87.5 Å². The van der Waals surface area contributed by atoms with Crippen LogP contribution in [0.5, 0.6) is 0 Å². The molecule has 0 spiro atoms. The van der Waals surface area contributed by atoms with Crippen LogP contribution in [0, 0.1) is 0 Å². The Morgan fingerprint density at radius 1 is 0.682 bits per heavy atom. The van der Waals surface area contributed by atoms with Crippen LogP contribution in [0.3, 0.4) is 0 Å². The Balaban J connectivity index is 1.43. The predicted octanol–water partition coefficient (Wildman–Crippen LogP) is 10.8. The normalized spacial score (nSPS) is 11.9. The van der Waals surface area contributed by atoms with Crippen molar-refractivity contribution in [2.24, 2.45) is 4.99 Å². The molecule has 0 saturated heterocycles. The van der Waals surface area contributed by atoms with Crippen molar-refractivity contribution in [1.29, 1.82) is 0 Å². The van der Waals surface area contributed by atoms with Crippen molar-refractivity contribution in [1.82, 2.24) is 9.38 Å². The van der Waals surface area contributed by atoms with Gasteiger partial charge in [0.2, 0.25) is 0 Å². The first-order valence-corrected chi connectivity index (χ1v) is 14.8. The van der Waals surface area contributed by atoms with Crippen LogP contribution in [0.4, 0.5) is 0 Å². The Bertz CT molecular complexity index is 2190. The van der Waals surface area contributed by atoms with Crippen LogP contribution in [-0.4, -0.2) is 15.6 Å². The Morgan fingerprint density at radius 3 is 2.25 bits per heavy atom. The zero-order valence-corrected chi connectivity index (χ0v) is 24.6. The molecule has 0 aliphatic heterocycles. The monoisotopic (exact) mass is 565 g/mol. The SMILES string of the molecule is C=CN=C/C(=C\C)c1cc(-c2cccc(-c3nc4ccccn4c3-c3ccccc3)c2)cc(-c2cccc3ccccc23)c1. The summed E-state index contributed by atoms with van der Waals surface area (Å²) in [5.41, 5.74) is 11.9. The van der Waals surface area contributed by atoms with Crippen LogP contribution in [0.15, 0.2) is 164 Å². The molecule has 2 aromatic heterocycles. The molecule has 7 rings (SSSR count). The van der Waals surface area contributed by atoms with Gasteiger partial charge in [-0.3, -0.25) is 9.39 Å². The molecule has 3 nitrogen and oxygen atoms in total. The summed E-state index contributed by atoms with van der Waals surface area (Å²) >= 11 is 0. The molecule has 0 bridgehead atoms. The first-order chi connectivity index (χ1) is 21.7. The van der Waals surface area contributed by atoms with Gasteiger partial charge in [-0.2, -0.15) is 0 Å². The third kappa shape index (κ3) is 5.05. The zero-order chi connectivity index (χ0) is 29.9. The minimum atomic E-state index is 0.922. The number of fused-ring (bicyclic) bond motifs is 2. The molecule has 44 heavy (non-hydrogen) atoms. The fraction of sp³-hybridized carbons (Fsp3) is 0.0244. The molecule has 210 valence electrons. The largest absolute Gasteiger partial charge is 0.299 e. The van der Waals surface area contributed by atoms with Crippen molar-refractivity contribution in [3.63, 3.8) is 0 Å². The van der Waals surface area contributed by atoms with Crippen molar-refractivity contribution in [3.05, 3.63) is 164 Å². The molecule has 2 heterocycles. The van der Waals surface area contributed by atoms with Crippen LogP contribution >= 0.6 is 0 Å². The number of nitrogens with zero attached hydrogens (tertiary/aromatic N) is 3. The van der Waals surface area contributed by atoms with Crippen LogP contribution in [0.25, 0.3) is 66.8 Å². The van der Waals surface area contributed by atoms with E-state index in [4.69, 9.17) is 4.98 Å². The van der Waals surface area contributed by atoms with E-state index < -0.39 is 0 Å². The van der Waals surface area contributed by atoms with Crippen LogP contribution in [0.1, 0.15) is 12.5 Å². The highest BCUT2D eigenvalue weighted by atomic mass is 15.0. The van der Waals surface area contributed by atoms with Gasteiger partial charge in [-0.1, -0.05) is 110 Å². The number of pyridine rings is 1. The van der Waals surface area contributed by atoms with Gasteiger partial charge < -0.3 is 0 Å². The molecule has 0 aliphatic rings. The van der Waals surface area contributed by atoms with Gasteiger partial charge in [-0.25, -0.2) is 4.98 Å². The molecule has 0 radical (unpaired) electrons. The molecule has 0 unspecified atom stereocenters. The molecule has 0 saturated carbocycles. The molecule has 3 heteroatoms. The maximum atomic E-state index is 5.11. The number of benzene rings is 5. The van der Waals surface area contributed by atoms with Crippen LogP contribution in [-0.2, 0) is 0 Å². The molecule has 0 aliphatic carbocycles. The Kier molecular flexibility index (Phi) is 7.27. The summed E-state index contributed by atoms with van der Waals surface area (Å²) < 4.78 is 2.17. The van der Waals surface area contributed by atoms with E-state index in [0.29, 0.717) is 0 Å². The van der Waals surface area contributed by atoms with Gasteiger partial charge in [0.05, 0.1) is 11.4 Å². The summed E-state index contributed by atoms with van der Waals surface area (Å²) in [7, 11) is 0. The molecular formula is C41H31N3. The van der Waals surface area contributed by atoms with E-state index in [2.05, 4.69) is 150 Å². The quantitative estimate of drug-likeness (QED) is 0.177. The molecule has 0 atom stereocenters. The van der Waals surface area contributed by atoms with Gasteiger partial charge in [0.1, 0.15) is 5.65 Å². The first-order valence-electron chi connectivity index (χ1n) is 14.8. The number of aliphatic imine (C=N–C) groups is 1. The number of hydrogen-bond acceptors (Lipinski definition) is 2. The van der Waals surface area contributed by atoms with E-state index in [-0.39, 0.29) is 0 Å². The number of rotatable bonds is 7. The third-order valence-electron chi connectivity index (χ3n) is 8.04. The summed E-state index contributed by atoms with van der Waals surface area (Å²) in [4.78, 5) is 9.46. The molecule has 5 aromatic carbocycles. The standard InChI is InChI=1S/C41H31N3/c1-3-29(28-42-4-2)34-25-35(27-36(26-34)38-21-13-17-30-14-8-9-20-37(30)38)32-18-12-19-33(24-32)40-41(31-15-6-5-7-16-31)44-23-11-10-22-39(44)43-40/h3-28H,2H2,1H3/b29-3+,42-28?. The maximum absolute atomic E-state index is 5.11. The maximum Gasteiger partial charge on any atom is 0.137 e. The molecule has 7 aromatic rings. The third-order valence-corrected chi connectivity index (χ3v) is 8.04. The average molecular weight is 566 g/mol. The molecule has 0 fully saturated rings. The lowest BCUT2D eigenvalue weighted by Gasteiger charge is -2.14. The van der Waals surface area contributed by atoms with Crippen molar-refractivity contribution in [2.45, 2.75) is 6.92 Å². The fourth-order valence-electron chi connectivity index (χ4n) is 5.96. The smallest absolute Gasteiger partial charge is 0.137 e. The van der Waals surface area contributed by atoms with Gasteiger partial charge in [-0.15, -0.1) is 0 Å². The summed E-state index contributed by atoms with van der Waals surface area (Å²) in [5.74, 6) is 0. The van der Waals surface area contributed by atoms with E-state index in [1.807, 2.05) is 25.3 Å². The Morgan fingerprint density at radius 2 is 1.39 bits per heavy atom. The van der Waals surface area contributed by atoms with Crippen LogP contribution < -0.4 is 0 Å². The van der Waals surface area contributed by atoms with Crippen molar-refractivity contribution in [2.75, 3.05) is 0 Å². The second-order valence-corrected chi connectivity index (χ2v) is 10.7. The van der Waals surface area contributed by atoms with E-state index >= 15 is 0 Å². The van der Waals surface area contributed by atoms with E-state index in [9.17, 15) is 0 Å². The van der Waals surface area contributed by atoms with E-state index in [1.54, 1.807) is 6.20 Å². The Labute approximate surface area is 257 Å². The Hall–Kier alpha value is -5.80. The highest BCUT2D eigenvalue weighted by molar-refractivity contribution is 6.11. The summed E-state index contributed by atoms with van der Waals surface area (Å²) in [6.07, 6.45) is 7.62. The van der Waals surface area contributed by atoms with Gasteiger partial charge in [0.15, 0.2) is 0 Å². The summed E-state index contributed by atoms with van der Waals surface area (Å²) in [5, 5.41) is 2.45. The topological polar surface area (TPSA) is 29.7 Å². The number of allylic oxidation sites excluding steroid dienone is 2. The summed E-state index contributed by atoms with van der Waals surface area (Å²) in [6, 6.07) is 47.2. The highest BCUT2D eigenvalue weighted by Crippen LogP contribution is 2.37. The fourth-order valence-corrected chi connectivity index (χ4v) is 5.96. The first kappa shape index (κ1) is 27.1. The van der Waals surface area contributed by atoms with Gasteiger partial charge >= 0.3 is 0 Å². The van der Waals surface area contributed by atoms with Crippen molar-refractivity contribution < 1.29 is 0 Å². The van der Waals surface area contributed by atoms with Crippen molar-refractivity contribution >= 4 is 28.2 Å². The highest BCUT2D eigenvalue weighted by Gasteiger charge is 2.17. The van der Waals surface area contributed by atoms with E-state index in [1.165, 1.54) is 16.3 Å². The van der Waals surface area contributed by atoms with Crippen molar-refractivity contribution in [3.8, 4) is 44.8 Å². The lowest BCUT2D eigenvalue weighted by Crippen LogP contribution is -1.92. The minimum absolute atomic E-state index is 0.922. The van der Waals surface area contributed by atoms with Gasteiger partial charge in [0.25, 0.3) is 0 Å². The zero-order valence-electron chi connectivity index (χ0n) is 24.6. The number of hydrogen-bond donors (Lipinski definition) is 0. The van der Waals surface area contributed by atoms with Gasteiger partial charge in [0, 0.05) is 29.7 Å². The lowest BCUT2D eigenvalue weighted by atomic mass is 9.90. The second kappa shape index (κ2) is 11.8. The molecule has 0 N–H and O–H groups in total. The number of imidazole rings is 1. The minimum Gasteiger partial charge on any atom is -0.299 e. The number of aromatic nitrogens is 2. The van der Waals surface area contributed by atoms with E-state index in [0.717, 1.165) is 56.0 Å². The molecule has 0 amide bonds. The average Bonchev–Trinajstić information content (AvgIpc) is 3.48. The lowest BCUT2D eigenvalue weighted by molar-refractivity contribution is 1.19. The van der Waals surface area contributed by atoms with Crippen LogP contribution in [0.2, 0.25) is 0 Å². The second-order valence-electron chi connectivity index (χ2n) is 10.7. The molecular weight excluding hydrogens is 534 g/mol. The summed E-state index contributed by atoms with van der Waals surface area (Å²) in [6.45, 7) is 5.82.